The topological polar surface area (TPSA) is 85.9 Å². The van der Waals surface area contributed by atoms with Crippen LogP contribution in [-0.4, -0.2) is 32.3 Å². The Morgan fingerprint density at radius 1 is 0.962 bits per heavy atom. The molecule has 0 bridgehead atoms. The quantitative estimate of drug-likeness (QED) is 0.795. The van der Waals surface area contributed by atoms with Gasteiger partial charge in [-0.05, 0) is 48.9 Å². The number of rotatable bonds is 7. The van der Waals surface area contributed by atoms with Crippen molar-refractivity contribution in [2.45, 2.75) is 19.6 Å². The highest BCUT2D eigenvalue weighted by Crippen LogP contribution is 2.18. The first-order chi connectivity index (χ1) is 12.5. The Bertz CT molecular complexity index is 729. The molecule has 7 heteroatoms. The van der Waals surface area contributed by atoms with Crippen molar-refractivity contribution in [2.75, 3.05) is 19.5 Å². The molecule has 1 unspecified atom stereocenters. The van der Waals surface area contributed by atoms with E-state index in [1.807, 2.05) is 0 Å². The molecular weight excluding hydrogens is 336 g/mol. The number of hydrogen-bond donors (Lipinski definition) is 2. The van der Waals surface area contributed by atoms with Gasteiger partial charge in [-0.1, -0.05) is 12.1 Å². The van der Waals surface area contributed by atoms with E-state index >= 15 is 0 Å². The molecule has 0 saturated heterocycles. The fourth-order valence-electron chi connectivity index (χ4n) is 2.12. The normalized spacial score (nSPS) is 11.2. The maximum absolute atomic E-state index is 12.2. The van der Waals surface area contributed by atoms with Crippen molar-refractivity contribution in [3.05, 3.63) is 54.1 Å². The number of carbonyl (C=O) groups excluding carboxylic acids is 2. The average Bonchev–Trinajstić information content (AvgIpc) is 2.67. The van der Waals surface area contributed by atoms with Crippen LogP contribution in [0.15, 0.2) is 48.5 Å². The Morgan fingerprint density at radius 3 is 2.15 bits per heavy atom. The Hall–Kier alpha value is -3.22. The first-order valence-corrected chi connectivity index (χ1v) is 8.04. The molecule has 0 aliphatic heterocycles. The summed E-state index contributed by atoms with van der Waals surface area (Å²) in [7, 11) is 2.89. The van der Waals surface area contributed by atoms with Crippen LogP contribution in [0.5, 0.6) is 11.5 Å². The molecule has 0 aromatic heterocycles. The maximum Gasteiger partial charge on any atom is 0.411 e. The van der Waals surface area contributed by atoms with Crippen LogP contribution in [0.3, 0.4) is 0 Å². The summed E-state index contributed by atoms with van der Waals surface area (Å²) in [6.45, 7) is 2.04. The van der Waals surface area contributed by atoms with Crippen LogP contribution < -0.4 is 20.1 Å². The fourth-order valence-corrected chi connectivity index (χ4v) is 2.12. The van der Waals surface area contributed by atoms with Crippen molar-refractivity contribution in [3.8, 4) is 11.5 Å². The standard InChI is InChI=1S/C19H22N2O5/c1-13(26-17-10-8-16(24-2)9-11-17)18(22)20-12-14-4-6-15(7-5-14)21-19(23)25-3/h4-11,13H,12H2,1-3H3,(H,20,22)(H,21,23). The van der Waals surface area contributed by atoms with Crippen molar-refractivity contribution in [2.24, 2.45) is 0 Å². The van der Waals surface area contributed by atoms with E-state index in [0.717, 1.165) is 11.3 Å². The molecule has 2 aromatic carbocycles. The second-order valence-electron chi connectivity index (χ2n) is 5.47. The maximum atomic E-state index is 12.2. The number of benzene rings is 2. The van der Waals surface area contributed by atoms with Crippen LogP contribution in [0, 0.1) is 0 Å². The highest BCUT2D eigenvalue weighted by atomic mass is 16.5. The van der Waals surface area contributed by atoms with Gasteiger partial charge >= 0.3 is 6.09 Å². The molecule has 138 valence electrons. The van der Waals surface area contributed by atoms with Gasteiger partial charge in [0.05, 0.1) is 14.2 Å². The number of carbonyl (C=O) groups is 2. The van der Waals surface area contributed by atoms with Crippen LogP contribution in [-0.2, 0) is 16.1 Å². The van der Waals surface area contributed by atoms with E-state index in [1.165, 1.54) is 7.11 Å². The first-order valence-electron chi connectivity index (χ1n) is 8.04. The first kappa shape index (κ1) is 19.1. The summed E-state index contributed by atoms with van der Waals surface area (Å²) >= 11 is 0. The lowest BCUT2D eigenvalue weighted by molar-refractivity contribution is -0.127. The second-order valence-corrected chi connectivity index (χ2v) is 5.47. The van der Waals surface area contributed by atoms with Crippen LogP contribution in [0.1, 0.15) is 12.5 Å². The number of hydrogen-bond acceptors (Lipinski definition) is 5. The number of methoxy groups -OCH3 is 2. The Kier molecular flexibility index (Phi) is 6.84. The number of amides is 2. The predicted octanol–water partition coefficient (Wildman–Crippen LogP) is 2.96. The van der Waals surface area contributed by atoms with Gasteiger partial charge in [0.2, 0.25) is 0 Å². The average molecular weight is 358 g/mol. The summed E-state index contributed by atoms with van der Waals surface area (Å²) in [5, 5.41) is 5.37. The third-order valence-corrected chi connectivity index (χ3v) is 3.59. The predicted molar refractivity (Wildman–Crippen MR) is 97.4 cm³/mol. The van der Waals surface area contributed by atoms with Gasteiger partial charge in [-0.2, -0.15) is 0 Å². The second kappa shape index (κ2) is 9.31. The minimum absolute atomic E-state index is 0.224. The van der Waals surface area contributed by atoms with Crippen molar-refractivity contribution < 1.29 is 23.8 Å². The van der Waals surface area contributed by atoms with E-state index in [1.54, 1.807) is 62.6 Å². The highest BCUT2D eigenvalue weighted by molar-refractivity contribution is 5.84. The lowest BCUT2D eigenvalue weighted by atomic mass is 10.2. The van der Waals surface area contributed by atoms with Gasteiger partial charge in [-0.15, -0.1) is 0 Å². The molecule has 2 amide bonds. The molecule has 2 N–H and O–H groups in total. The molecule has 0 fully saturated rings. The lowest BCUT2D eigenvalue weighted by Gasteiger charge is -2.15. The molecule has 26 heavy (non-hydrogen) atoms. The molecule has 7 nitrogen and oxygen atoms in total. The van der Waals surface area contributed by atoms with Crippen molar-refractivity contribution in [1.82, 2.24) is 5.32 Å². The molecule has 0 saturated carbocycles. The van der Waals surface area contributed by atoms with Gasteiger partial charge in [-0.3, -0.25) is 10.1 Å². The molecule has 0 heterocycles. The summed E-state index contributed by atoms with van der Waals surface area (Å²) in [6.07, 6.45) is -1.17. The molecule has 0 aliphatic carbocycles. The number of ether oxygens (including phenoxy) is 3. The molecule has 0 aliphatic rings. The van der Waals surface area contributed by atoms with E-state index in [2.05, 4.69) is 15.4 Å². The molecule has 1 atom stereocenters. The van der Waals surface area contributed by atoms with Gasteiger partial charge < -0.3 is 19.5 Å². The summed E-state index contributed by atoms with van der Waals surface area (Å²) in [4.78, 5) is 23.3. The van der Waals surface area contributed by atoms with Gasteiger partial charge in [0, 0.05) is 12.2 Å². The SMILES string of the molecule is COC(=O)Nc1ccc(CNC(=O)C(C)Oc2ccc(OC)cc2)cc1. The molecule has 2 aromatic rings. The van der Waals surface area contributed by atoms with Crippen molar-refractivity contribution in [3.63, 3.8) is 0 Å². The highest BCUT2D eigenvalue weighted by Gasteiger charge is 2.14. The smallest absolute Gasteiger partial charge is 0.411 e. The van der Waals surface area contributed by atoms with Gasteiger partial charge in [0.25, 0.3) is 5.91 Å². The van der Waals surface area contributed by atoms with Crippen LogP contribution >= 0.6 is 0 Å². The van der Waals surface area contributed by atoms with E-state index in [0.29, 0.717) is 18.0 Å². The zero-order valence-corrected chi connectivity index (χ0v) is 14.9. The zero-order valence-electron chi connectivity index (χ0n) is 14.9. The van der Waals surface area contributed by atoms with E-state index in [4.69, 9.17) is 9.47 Å². The Morgan fingerprint density at radius 2 is 1.58 bits per heavy atom. The van der Waals surface area contributed by atoms with Gasteiger partial charge in [0.1, 0.15) is 11.5 Å². The van der Waals surface area contributed by atoms with E-state index < -0.39 is 12.2 Å². The molecule has 2 rings (SSSR count). The van der Waals surface area contributed by atoms with E-state index in [9.17, 15) is 9.59 Å². The Balaban J connectivity index is 1.82. The number of nitrogens with one attached hydrogen (secondary N) is 2. The zero-order chi connectivity index (χ0) is 18.9. The fraction of sp³-hybridized carbons (Fsp3) is 0.263. The van der Waals surface area contributed by atoms with Crippen LogP contribution in [0.25, 0.3) is 0 Å². The molecule has 0 spiro atoms. The minimum Gasteiger partial charge on any atom is -0.497 e. The minimum atomic E-state index is -0.636. The van der Waals surface area contributed by atoms with Crippen LogP contribution in [0.4, 0.5) is 10.5 Å². The summed E-state index contributed by atoms with van der Waals surface area (Å²) in [5.41, 5.74) is 1.51. The largest absolute Gasteiger partial charge is 0.497 e. The van der Waals surface area contributed by atoms with Gasteiger partial charge in [0.15, 0.2) is 6.10 Å². The van der Waals surface area contributed by atoms with Crippen molar-refractivity contribution in [1.29, 1.82) is 0 Å². The van der Waals surface area contributed by atoms with Gasteiger partial charge in [-0.25, -0.2) is 4.79 Å². The third-order valence-electron chi connectivity index (χ3n) is 3.59. The lowest BCUT2D eigenvalue weighted by Crippen LogP contribution is -2.35. The number of anilines is 1. The monoisotopic (exact) mass is 358 g/mol. The van der Waals surface area contributed by atoms with Crippen molar-refractivity contribution >= 4 is 17.7 Å². The summed E-state index contributed by atoms with van der Waals surface area (Å²) in [5.74, 6) is 1.09. The summed E-state index contributed by atoms with van der Waals surface area (Å²) < 4.78 is 15.2. The Labute approximate surface area is 152 Å². The van der Waals surface area contributed by atoms with E-state index in [-0.39, 0.29) is 5.91 Å². The molecule has 0 radical (unpaired) electrons. The third kappa shape index (κ3) is 5.70. The molecular formula is C19H22N2O5. The van der Waals surface area contributed by atoms with Crippen LogP contribution in [0.2, 0.25) is 0 Å². The summed E-state index contributed by atoms with van der Waals surface area (Å²) in [6, 6.07) is 14.1.